The van der Waals surface area contributed by atoms with Crippen LogP contribution in [0.3, 0.4) is 0 Å². The molecule has 0 bridgehead atoms. The predicted octanol–water partition coefficient (Wildman–Crippen LogP) is 4.53. The van der Waals surface area contributed by atoms with Gasteiger partial charge in [-0.2, -0.15) is 0 Å². The van der Waals surface area contributed by atoms with E-state index in [-0.39, 0.29) is 24.3 Å². The Balaban J connectivity index is 1.45. The van der Waals surface area contributed by atoms with E-state index in [1.54, 1.807) is 0 Å². The lowest BCUT2D eigenvalue weighted by Gasteiger charge is -2.20. The fourth-order valence-electron chi connectivity index (χ4n) is 4.59. The highest BCUT2D eigenvalue weighted by Crippen LogP contribution is 2.24. The smallest absolute Gasteiger partial charge is 0.244 e. The highest BCUT2D eigenvalue weighted by Gasteiger charge is 2.21. The summed E-state index contributed by atoms with van der Waals surface area (Å²) in [5.74, 6) is 1.02. The molecular weight excluding hydrogens is 400 g/mol. The molecule has 0 atom stereocenters. The molecule has 32 heavy (non-hydrogen) atoms. The lowest BCUT2D eigenvalue weighted by Crippen LogP contribution is -2.33. The van der Waals surface area contributed by atoms with Crippen LogP contribution in [0.5, 0.6) is 0 Å². The zero-order valence-electron chi connectivity index (χ0n) is 19.0. The van der Waals surface area contributed by atoms with Gasteiger partial charge in [-0.25, -0.2) is 4.98 Å². The van der Waals surface area contributed by atoms with Crippen LogP contribution in [-0.2, 0) is 22.6 Å². The zero-order valence-corrected chi connectivity index (χ0v) is 19.0. The fourth-order valence-corrected chi connectivity index (χ4v) is 4.59. The first-order chi connectivity index (χ1) is 15.5. The van der Waals surface area contributed by atoms with Crippen molar-refractivity contribution < 1.29 is 9.59 Å². The second kappa shape index (κ2) is 9.98. The Kier molecular flexibility index (Phi) is 6.88. The number of carbonyl (C=O) groups is 2. The largest absolute Gasteiger partial charge is 0.355 e. The Hall–Kier alpha value is -3.15. The van der Waals surface area contributed by atoms with Crippen molar-refractivity contribution in [3.8, 4) is 0 Å². The van der Waals surface area contributed by atoms with Crippen molar-refractivity contribution >= 4 is 28.5 Å². The van der Waals surface area contributed by atoms with E-state index in [1.807, 2.05) is 54.8 Å². The first-order valence-corrected chi connectivity index (χ1v) is 11.6. The Morgan fingerprint density at radius 2 is 1.84 bits per heavy atom. The third-order valence-corrected chi connectivity index (χ3v) is 6.32. The molecule has 1 aliphatic rings. The molecule has 0 unspecified atom stereocenters. The number of nitrogens with one attached hydrogen (secondary N) is 2. The number of amides is 2. The lowest BCUT2D eigenvalue weighted by atomic mass is 9.89. The molecule has 1 aliphatic carbocycles. The minimum atomic E-state index is -0.0902. The normalized spacial score (nSPS) is 14.4. The molecule has 6 nitrogen and oxygen atoms in total. The van der Waals surface area contributed by atoms with Gasteiger partial charge < -0.3 is 15.2 Å². The van der Waals surface area contributed by atoms with Gasteiger partial charge in [-0.15, -0.1) is 0 Å². The van der Waals surface area contributed by atoms with E-state index in [1.165, 1.54) is 12.0 Å². The van der Waals surface area contributed by atoms with Crippen LogP contribution in [0.1, 0.15) is 49.1 Å². The van der Waals surface area contributed by atoms with Gasteiger partial charge in [0.05, 0.1) is 11.0 Å². The standard InChI is InChI=1S/C26H32N4O2/c1-18-12-13-21(19(2)16-18)29-25(31)17-30-23-11-7-6-10-22(23)28-24(30)14-15-27-26(32)20-8-4-3-5-9-20/h6-7,10-13,16,20H,3-5,8-9,14-15,17H2,1-2H3,(H,27,32)(H,29,31). The van der Waals surface area contributed by atoms with Crippen LogP contribution >= 0.6 is 0 Å². The second-order valence-electron chi connectivity index (χ2n) is 8.85. The SMILES string of the molecule is Cc1ccc(NC(=O)Cn2c(CCNC(=O)C3CCCCC3)nc3ccccc32)c(C)c1. The van der Waals surface area contributed by atoms with Crippen LogP contribution in [0.15, 0.2) is 42.5 Å². The van der Waals surface area contributed by atoms with Crippen molar-refractivity contribution in [3.63, 3.8) is 0 Å². The van der Waals surface area contributed by atoms with Crippen molar-refractivity contribution in [2.24, 2.45) is 5.92 Å². The molecular formula is C26H32N4O2. The summed E-state index contributed by atoms with van der Waals surface area (Å²) in [6, 6.07) is 13.8. The van der Waals surface area contributed by atoms with Gasteiger partial charge in [0.15, 0.2) is 0 Å². The molecule has 4 rings (SSSR count). The van der Waals surface area contributed by atoms with Gasteiger partial charge in [0.25, 0.3) is 0 Å². The number of aromatic nitrogens is 2. The maximum atomic E-state index is 12.9. The third kappa shape index (κ3) is 5.18. The first kappa shape index (κ1) is 22.1. The molecule has 0 radical (unpaired) electrons. The summed E-state index contributed by atoms with van der Waals surface area (Å²) >= 11 is 0. The number of para-hydroxylation sites is 2. The van der Waals surface area contributed by atoms with E-state index in [0.717, 1.165) is 53.8 Å². The van der Waals surface area contributed by atoms with Crippen molar-refractivity contribution in [3.05, 3.63) is 59.4 Å². The second-order valence-corrected chi connectivity index (χ2v) is 8.85. The van der Waals surface area contributed by atoms with E-state index in [2.05, 4.69) is 16.7 Å². The molecule has 1 aromatic heterocycles. The summed E-state index contributed by atoms with van der Waals surface area (Å²) < 4.78 is 1.96. The van der Waals surface area contributed by atoms with Gasteiger partial charge in [0.1, 0.15) is 12.4 Å². The third-order valence-electron chi connectivity index (χ3n) is 6.32. The molecule has 3 aromatic rings. The minimum Gasteiger partial charge on any atom is -0.355 e. The Morgan fingerprint density at radius 3 is 2.62 bits per heavy atom. The number of anilines is 1. The van der Waals surface area contributed by atoms with E-state index >= 15 is 0 Å². The average molecular weight is 433 g/mol. The average Bonchev–Trinajstić information content (AvgIpc) is 3.13. The lowest BCUT2D eigenvalue weighted by molar-refractivity contribution is -0.125. The fraction of sp³-hybridized carbons (Fsp3) is 0.423. The number of rotatable bonds is 7. The van der Waals surface area contributed by atoms with Crippen LogP contribution in [0.4, 0.5) is 5.69 Å². The van der Waals surface area contributed by atoms with Crippen molar-refractivity contribution in [2.75, 3.05) is 11.9 Å². The van der Waals surface area contributed by atoms with Crippen molar-refractivity contribution in [1.29, 1.82) is 0 Å². The number of nitrogens with zero attached hydrogens (tertiary/aromatic N) is 2. The van der Waals surface area contributed by atoms with Crippen LogP contribution < -0.4 is 10.6 Å². The molecule has 1 fully saturated rings. The molecule has 6 heteroatoms. The van der Waals surface area contributed by atoms with E-state index in [4.69, 9.17) is 4.98 Å². The molecule has 0 saturated heterocycles. The Bertz CT molecular complexity index is 1110. The predicted molar refractivity (Wildman–Crippen MR) is 128 cm³/mol. The summed E-state index contributed by atoms with van der Waals surface area (Å²) in [6.07, 6.45) is 6.08. The number of benzene rings is 2. The Labute approximate surface area is 189 Å². The van der Waals surface area contributed by atoms with Crippen LogP contribution in [0.2, 0.25) is 0 Å². The molecule has 0 spiro atoms. The van der Waals surface area contributed by atoms with Crippen molar-refractivity contribution in [2.45, 2.75) is 58.9 Å². The van der Waals surface area contributed by atoms with Crippen molar-refractivity contribution in [1.82, 2.24) is 14.9 Å². The van der Waals surface area contributed by atoms with Gasteiger partial charge in [0, 0.05) is 24.6 Å². The molecule has 2 N–H and O–H groups in total. The highest BCUT2D eigenvalue weighted by atomic mass is 16.2. The number of imidazole rings is 1. The van der Waals surface area contributed by atoms with Gasteiger partial charge >= 0.3 is 0 Å². The van der Waals surface area contributed by atoms with E-state index in [9.17, 15) is 9.59 Å². The topological polar surface area (TPSA) is 76.0 Å². The minimum absolute atomic E-state index is 0.0902. The van der Waals surface area contributed by atoms with Gasteiger partial charge in [-0.05, 0) is 50.5 Å². The molecule has 2 amide bonds. The van der Waals surface area contributed by atoms with Crippen LogP contribution in [-0.4, -0.2) is 27.9 Å². The summed E-state index contributed by atoms with van der Waals surface area (Å²) in [5.41, 5.74) is 4.82. The maximum absolute atomic E-state index is 12.9. The number of fused-ring (bicyclic) bond motifs is 1. The Morgan fingerprint density at radius 1 is 1.06 bits per heavy atom. The zero-order chi connectivity index (χ0) is 22.5. The number of carbonyl (C=O) groups excluding carboxylic acids is 2. The summed E-state index contributed by atoms with van der Waals surface area (Å²) in [6.45, 7) is 4.74. The first-order valence-electron chi connectivity index (χ1n) is 11.6. The molecule has 1 heterocycles. The van der Waals surface area contributed by atoms with E-state index in [0.29, 0.717) is 13.0 Å². The summed E-state index contributed by atoms with van der Waals surface area (Å²) in [4.78, 5) is 30.1. The van der Waals surface area contributed by atoms with Gasteiger partial charge in [0.2, 0.25) is 11.8 Å². The maximum Gasteiger partial charge on any atom is 0.244 e. The molecule has 1 saturated carbocycles. The summed E-state index contributed by atoms with van der Waals surface area (Å²) in [7, 11) is 0. The van der Waals surface area contributed by atoms with Gasteiger partial charge in [-0.1, -0.05) is 49.1 Å². The number of aryl methyl sites for hydroxylation is 2. The number of hydrogen-bond donors (Lipinski definition) is 2. The monoisotopic (exact) mass is 432 g/mol. The summed E-state index contributed by atoms with van der Waals surface area (Å²) in [5, 5.41) is 6.11. The highest BCUT2D eigenvalue weighted by molar-refractivity contribution is 5.92. The van der Waals surface area contributed by atoms with Crippen LogP contribution in [0, 0.1) is 19.8 Å². The van der Waals surface area contributed by atoms with Gasteiger partial charge in [-0.3, -0.25) is 9.59 Å². The van der Waals surface area contributed by atoms with E-state index < -0.39 is 0 Å². The quantitative estimate of drug-likeness (QED) is 0.576. The molecule has 168 valence electrons. The van der Waals surface area contributed by atoms with Crippen LogP contribution in [0.25, 0.3) is 11.0 Å². The molecule has 0 aliphatic heterocycles. The number of hydrogen-bond acceptors (Lipinski definition) is 3. The molecule has 2 aromatic carbocycles.